The molecule has 0 heterocycles. The van der Waals surface area contributed by atoms with E-state index in [4.69, 9.17) is 11.6 Å². The second-order valence-corrected chi connectivity index (χ2v) is 10.8. The Hall–Kier alpha value is -2.48. The molecule has 168 valence electrons. The van der Waals surface area contributed by atoms with Gasteiger partial charge in [0.15, 0.2) is 0 Å². The van der Waals surface area contributed by atoms with E-state index in [0.717, 1.165) is 27.3 Å². The number of nitrogens with one attached hydrogen (secondary N) is 1. The van der Waals surface area contributed by atoms with Crippen LogP contribution in [0.4, 0.5) is 11.4 Å². The standard InChI is InChI=1S/C24H25ClN2O3S2/c1-18-14-15-19(25)17-22(18)27(32(2,29)30)16-8-13-24(28)26-21-11-6-7-12-23(21)31-20-9-4-3-5-10-20/h3-7,9-12,14-15,17H,8,13,16H2,1-2H3,(H,26,28). The molecular weight excluding hydrogens is 464 g/mol. The molecule has 3 aromatic rings. The predicted octanol–water partition coefficient (Wildman–Crippen LogP) is 5.98. The minimum Gasteiger partial charge on any atom is -0.325 e. The fraction of sp³-hybridized carbons (Fsp3) is 0.208. The molecule has 1 N–H and O–H groups in total. The van der Waals surface area contributed by atoms with Crippen molar-refractivity contribution in [3.63, 3.8) is 0 Å². The lowest BCUT2D eigenvalue weighted by atomic mass is 10.2. The summed E-state index contributed by atoms with van der Waals surface area (Å²) in [5.74, 6) is -0.164. The molecule has 0 atom stereocenters. The average Bonchev–Trinajstić information content (AvgIpc) is 2.74. The number of rotatable bonds is 9. The number of hydrogen-bond acceptors (Lipinski definition) is 4. The van der Waals surface area contributed by atoms with Crippen molar-refractivity contribution in [1.82, 2.24) is 0 Å². The third-order valence-electron chi connectivity index (χ3n) is 4.74. The minimum atomic E-state index is -3.52. The molecule has 3 aromatic carbocycles. The van der Waals surface area contributed by atoms with Crippen molar-refractivity contribution in [2.75, 3.05) is 22.4 Å². The van der Waals surface area contributed by atoms with Gasteiger partial charge in [0, 0.05) is 27.8 Å². The largest absolute Gasteiger partial charge is 0.325 e. The van der Waals surface area contributed by atoms with E-state index in [-0.39, 0.29) is 18.9 Å². The SMILES string of the molecule is Cc1ccc(Cl)cc1N(CCCC(=O)Nc1ccccc1Sc1ccccc1)S(C)(=O)=O. The molecule has 0 fully saturated rings. The summed E-state index contributed by atoms with van der Waals surface area (Å²) in [6.07, 6.45) is 1.72. The molecule has 0 radical (unpaired) electrons. The van der Waals surface area contributed by atoms with Crippen molar-refractivity contribution >= 4 is 50.7 Å². The molecule has 0 aliphatic rings. The molecule has 1 amide bonds. The molecule has 3 rings (SSSR count). The molecule has 0 aliphatic carbocycles. The third-order valence-corrected chi connectivity index (χ3v) is 7.24. The van der Waals surface area contributed by atoms with E-state index < -0.39 is 10.0 Å². The first-order chi connectivity index (χ1) is 15.2. The molecular formula is C24H25ClN2O3S2. The zero-order chi connectivity index (χ0) is 23.1. The van der Waals surface area contributed by atoms with Crippen LogP contribution in [0.2, 0.25) is 5.02 Å². The van der Waals surface area contributed by atoms with Crippen LogP contribution in [0.3, 0.4) is 0 Å². The second kappa shape index (κ2) is 10.9. The van der Waals surface area contributed by atoms with Crippen molar-refractivity contribution in [1.29, 1.82) is 0 Å². The maximum Gasteiger partial charge on any atom is 0.232 e. The van der Waals surface area contributed by atoms with E-state index >= 15 is 0 Å². The van der Waals surface area contributed by atoms with E-state index in [1.807, 2.05) is 61.5 Å². The normalized spacial score (nSPS) is 11.2. The number of carbonyl (C=O) groups is 1. The Labute approximate surface area is 198 Å². The number of amides is 1. The van der Waals surface area contributed by atoms with Gasteiger partial charge in [0.2, 0.25) is 15.9 Å². The van der Waals surface area contributed by atoms with E-state index in [2.05, 4.69) is 5.32 Å². The highest BCUT2D eigenvalue weighted by molar-refractivity contribution is 7.99. The quantitative estimate of drug-likeness (QED) is 0.402. The summed E-state index contributed by atoms with van der Waals surface area (Å²) < 4.78 is 26.0. The van der Waals surface area contributed by atoms with E-state index in [9.17, 15) is 13.2 Å². The molecule has 8 heteroatoms. The molecule has 0 aliphatic heterocycles. The summed E-state index contributed by atoms with van der Waals surface area (Å²) in [5.41, 5.74) is 2.07. The Morgan fingerprint density at radius 3 is 2.44 bits per heavy atom. The number of sulfonamides is 1. The maximum atomic E-state index is 12.6. The summed E-state index contributed by atoms with van der Waals surface area (Å²) in [4.78, 5) is 14.6. The van der Waals surface area contributed by atoms with Gasteiger partial charge in [-0.05, 0) is 55.3 Å². The molecule has 0 unspecified atom stereocenters. The monoisotopic (exact) mass is 488 g/mol. The first-order valence-electron chi connectivity index (χ1n) is 10.1. The van der Waals surface area contributed by atoms with Crippen molar-refractivity contribution in [3.05, 3.63) is 83.4 Å². The maximum absolute atomic E-state index is 12.6. The van der Waals surface area contributed by atoms with Gasteiger partial charge in [-0.2, -0.15) is 0 Å². The topological polar surface area (TPSA) is 66.5 Å². The van der Waals surface area contributed by atoms with Gasteiger partial charge in [-0.3, -0.25) is 9.10 Å². The fourth-order valence-corrected chi connectivity index (χ4v) is 5.29. The average molecular weight is 489 g/mol. The van der Waals surface area contributed by atoms with Gasteiger partial charge < -0.3 is 5.32 Å². The molecule has 32 heavy (non-hydrogen) atoms. The van der Waals surface area contributed by atoms with Crippen molar-refractivity contribution in [3.8, 4) is 0 Å². The third kappa shape index (κ3) is 6.76. The first-order valence-corrected chi connectivity index (χ1v) is 13.1. The second-order valence-electron chi connectivity index (χ2n) is 7.33. The number of carbonyl (C=O) groups excluding carboxylic acids is 1. The Kier molecular flexibility index (Phi) is 8.23. The highest BCUT2D eigenvalue weighted by atomic mass is 35.5. The van der Waals surface area contributed by atoms with Gasteiger partial charge in [0.1, 0.15) is 0 Å². The van der Waals surface area contributed by atoms with Crippen LogP contribution in [0.1, 0.15) is 18.4 Å². The smallest absolute Gasteiger partial charge is 0.232 e. The lowest BCUT2D eigenvalue weighted by molar-refractivity contribution is -0.116. The Bertz CT molecular complexity index is 1180. The zero-order valence-electron chi connectivity index (χ0n) is 17.9. The number of anilines is 2. The van der Waals surface area contributed by atoms with Crippen LogP contribution >= 0.6 is 23.4 Å². The van der Waals surface area contributed by atoms with Gasteiger partial charge in [-0.25, -0.2) is 8.42 Å². The minimum absolute atomic E-state index is 0.164. The summed E-state index contributed by atoms with van der Waals surface area (Å²) >= 11 is 7.64. The highest BCUT2D eigenvalue weighted by Crippen LogP contribution is 2.33. The summed E-state index contributed by atoms with van der Waals surface area (Å²) in [7, 11) is -3.52. The zero-order valence-corrected chi connectivity index (χ0v) is 20.3. The summed E-state index contributed by atoms with van der Waals surface area (Å²) in [6.45, 7) is 2.02. The Morgan fingerprint density at radius 2 is 1.72 bits per heavy atom. The predicted molar refractivity (Wildman–Crippen MR) is 133 cm³/mol. The Morgan fingerprint density at radius 1 is 1.03 bits per heavy atom. The molecule has 0 bridgehead atoms. The van der Waals surface area contributed by atoms with Crippen molar-refractivity contribution in [2.45, 2.75) is 29.6 Å². The van der Waals surface area contributed by atoms with Gasteiger partial charge >= 0.3 is 0 Å². The molecule has 0 saturated carbocycles. The molecule has 0 saturated heterocycles. The van der Waals surface area contributed by atoms with Crippen molar-refractivity contribution < 1.29 is 13.2 Å². The van der Waals surface area contributed by atoms with Crippen LogP contribution in [0.15, 0.2) is 82.6 Å². The van der Waals surface area contributed by atoms with E-state index in [0.29, 0.717) is 17.1 Å². The van der Waals surface area contributed by atoms with Crippen LogP contribution in [-0.2, 0) is 14.8 Å². The number of halogens is 1. The van der Waals surface area contributed by atoms with Crippen LogP contribution < -0.4 is 9.62 Å². The van der Waals surface area contributed by atoms with Crippen LogP contribution in [-0.4, -0.2) is 27.1 Å². The van der Waals surface area contributed by atoms with Gasteiger partial charge in [-0.1, -0.05) is 59.8 Å². The van der Waals surface area contributed by atoms with Gasteiger partial charge in [-0.15, -0.1) is 0 Å². The van der Waals surface area contributed by atoms with E-state index in [1.165, 1.54) is 4.31 Å². The lowest BCUT2D eigenvalue weighted by Crippen LogP contribution is -2.32. The number of nitrogens with zero attached hydrogens (tertiary/aromatic N) is 1. The first kappa shape index (κ1) is 24.2. The Balaban J connectivity index is 1.64. The molecule has 0 aromatic heterocycles. The lowest BCUT2D eigenvalue weighted by Gasteiger charge is -2.24. The molecule has 0 spiro atoms. The van der Waals surface area contributed by atoms with Gasteiger partial charge in [0.05, 0.1) is 17.6 Å². The van der Waals surface area contributed by atoms with Crippen LogP contribution in [0, 0.1) is 6.92 Å². The van der Waals surface area contributed by atoms with E-state index in [1.54, 1.807) is 30.0 Å². The fourth-order valence-electron chi connectivity index (χ4n) is 3.19. The number of hydrogen-bond donors (Lipinski definition) is 1. The highest BCUT2D eigenvalue weighted by Gasteiger charge is 2.20. The number of benzene rings is 3. The summed E-state index contributed by atoms with van der Waals surface area (Å²) in [6, 6.07) is 22.7. The molecule has 5 nitrogen and oxygen atoms in total. The summed E-state index contributed by atoms with van der Waals surface area (Å²) in [5, 5.41) is 3.42. The number of para-hydroxylation sites is 1. The van der Waals surface area contributed by atoms with Crippen LogP contribution in [0.5, 0.6) is 0 Å². The van der Waals surface area contributed by atoms with Crippen LogP contribution in [0.25, 0.3) is 0 Å². The van der Waals surface area contributed by atoms with Gasteiger partial charge in [0.25, 0.3) is 0 Å². The number of aryl methyl sites for hydroxylation is 1. The van der Waals surface area contributed by atoms with Crippen molar-refractivity contribution in [2.24, 2.45) is 0 Å².